The zero-order valence-electron chi connectivity index (χ0n) is 12.2. The van der Waals surface area contributed by atoms with Crippen molar-refractivity contribution >= 4 is 11.9 Å². The van der Waals surface area contributed by atoms with Crippen molar-refractivity contribution in [2.45, 2.75) is 51.8 Å². The molecule has 0 saturated carbocycles. The summed E-state index contributed by atoms with van der Waals surface area (Å²) in [4.78, 5) is 23.2. The third kappa shape index (κ3) is 3.57. The molecule has 1 saturated heterocycles. The maximum Gasteiger partial charge on any atom is 0.358 e. The monoisotopic (exact) mass is 296 g/mol. The van der Waals surface area contributed by atoms with Crippen LogP contribution in [0.15, 0.2) is 0 Å². The fraction of sp³-hybridized carbons (Fsp3) is 0.692. The highest BCUT2D eigenvalue weighted by atomic mass is 16.5. The number of amides is 1. The van der Waals surface area contributed by atoms with Gasteiger partial charge in [-0.05, 0) is 26.2 Å². The van der Waals surface area contributed by atoms with Crippen LogP contribution < -0.4 is 5.32 Å². The maximum absolute atomic E-state index is 11.9. The van der Waals surface area contributed by atoms with Gasteiger partial charge in [0, 0.05) is 12.6 Å². The van der Waals surface area contributed by atoms with Crippen LogP contribution in [0.1, 0.15) is 55.4 Å². The number of aromatic nitrogens is 3. The first-order valence-corrected chi connectivity index (χ1v) is 7.10. The van der Waals surface area contributed by atoms with Gasteiger partial charge in [0.2, 0.25) is 5.91 Å². The number of hydrogen-bond donors (Lipinski definition) is 2. The van der Waals surface area contributed by atoms with Crippen molar-refractivity contribution in [2.24, 2.45) is 0 Å². The quantitative estimate of drug-likeness (QED) is 0.802. The Labute approximate surface area is 122 Å². The first kappa shape index (κ1) is 15.4. The van der Waals surface area contributed by atoms with Gasteiger partial charge in [0.1, 0.15) is 18.3 Å². The highest BCUT2D eigenvalue weighted by Gasteiger charge is 2.30. The van der Waals surface area contributed by atoms with E-state index in [9.17, 15) is 14.7 Å². The van der Waals surface area contributed by atoms with Crippen molar-refractivity contribution in [3.8, 4) is 0 Å². The third-order valence-electron chi connectivity index (χ3n) is 3.52. The van der Waals surface area contributed by atoms with E-state index in [1.165, 1.54) is 4.68 Å². The molecule has 8 heteroatoms. The third-order valence-corrected chi connectivity index (χ3v) is 3.52. The Morgan fingerprint density at radius 2 is 2.33 bits per heavy atom. The number of rotatable bonds is 6. The van der Waals surface area contributed by atoms with Crippen molar-refractivity contribution in [1.29, 1.82) is 0 Å². The molecule has 21 heavy (non-hydrogen) atoms. The predicted molar refractivity (Wildman–Crippen MR) is 72.8 cm³/mol. The lowest BCUT2D eigenvalue weighted by molar-refractivity contribution is -0.122. The second-order valence-electron chi connectivity index (χ2n) is 5.16. The standard InChI is InChI=1S/C13H20N4O4/c1-3-8(2)14-10(18)7-17-12(9-5-4-6-21-9)11(13(19)20)15-16-17/h8-9H,3-7H2,1-2H3,(H,14,18)(H,19,20). The van der Waals surface area contributed by atoms with Crippen molar-refractivity contribution in [3.63, 3.8) is 0 Å². The van der Waals surface area contributed by atoms with Crippen LogP contribution in [-0.2, 0) is 16.1 Å². The minimum absolute atomic E-state index is 0.0557. The number of nitrogens with one attached hydrogen (secondary N) is 1. The van der Waals surface area contributed by atoms with Gasteiger partial charge >= 0.3 is 5.97 Å². The van der Waals surface area contributed by atoms with Crippen LogP contribution in [0.4, 0.5) is 0 Å². The molecule has 2 unspecified atom stereocenters. The lowest BCUT2D eigenvalue weighted by atomic mass is 10.1. The van der Waals surface area contributed by atoms with E-state index >= 15 is 0 Å². The van der Waals surface area contributed by atoms with Crippen molar-refractivity contribution in [1.82, 2.24) is 20.3 Å². The molecule has 1 fully saturated rings. The fourth-order valence-corrected chi connectivity index (χ4v) is 2.26. The highest BCUT2D eigenvalue weighted by molar-refractivity contribution is 5.86. The summed E-state index contributed by atoms with van der Waals surface area (Å²) in [6, 6.07) is 0.0612. The van der Waals surface area contributed by atoms with Crippen LogP contribution in [-0.4, -0.2) is 44.6 Å². The normalized spacial score (nSPS) is 19.4. The fourth-order valence-electron chi connectivity index (χ4n) is 2.26. The Morgan fingerprint density at radius 1 is 1.57 bits per heavy atom. The second-order valence-corrected chi connectivity index (χ2v) is 5.16. The zero-order valence-corrected chi connectivity index (χ0v) is 12.2. The average Bonchev–Trinajstić information content (AvgIpc) is 3.06. The molecule has 2 N–H and O–H groups in total. The van der Waals surface area contributed by atoms with E-state index in [-0.39, 0.29) is 30.3 Å². The van der Waals surface area contributed by atoms with Gasteiger partial charge in [-0.2, -0.15) is 0 Å². The van der Waals surface area contributed by atoms with Crippen LogP contribution >= 0.6 is 0 Å². The van der Waals surface area contributed by atoms with Crippen LogP contribution in [0.2, 0.25) is 0 Å². The van der Waals surface area contributed by atoms with E-state index in [4.69, 9.17) is 4.74 Å². The molecular formula is C13H20N4O4. The van der Waals surface area contributed by atoms with Crippen LogP contribution in [0, 0.1) is 0 Å². The van der Waals surface area contributed by atoms with Gasteiger partial charge in [-0.15, -0.1) is 5.10 Å². The summed E-state index contributed by atoms with van der Waals surface area (Å²) < 4.78 is 6.85. The molecule has 1 aliphatic heterocycles. The van der Waals surface area contributed by atoms with Crippen molar-refractivity contribution < 1.29 is 19.4 Å². The first-order valence-electron chi connectivity index (χ1n) is 7.10. The van der Waals surface area contributed by atoms with Crippen LogP contribution in [0.5, 0.6) is 0 Å². The molecule has 0 aromatic carbocycles. The van der Waals surface area contributed by atoms with E-state index in [0.717, 1.165) is 12.8 Å². The van der Waals surface area contributed by atoms with Crippen molar-refractivity contribution in [3.05, 3.63) is 11.4 Å². The molecule has 0 spiro atoms. The predicted octanol–water partition coefficient (Wildman–Crippen LogP) is 0.742. The lowest BCUT2D eigenvalue weighted by Gasteiger charge is -2.14. The summed E-state index contributed by atoms with van der Waals surface area (Å²) in [5.74, 6) is -1.38. The molecule has 1 amide bonds. The molecule has 0 aliphatic carbocycles. The van der Waals surface area contributed by atoms with E-state index in [0.29, 0.717) is 18.7 Å². The summed E-state index contributed by atoms with van der Waals surface area (Å²) in [7, 11) is 0. The molecule has 2 heterocycles. The SMILES string of the molecule is CCC(C)NC(=O)Cn1nnc(C(=O)O)c1C1CCCO1. The number of nitrogens with zero attached hydrogens (tertiary/aromatic N) is 3. The zero-order chi connectivity index (χ0) is 15.4. The van der Waals surface area contributed by atoms with Gasteiger partial charge < -0.3 is 15.2 Å². The van der Waals surface area contributed by atoms with Gasteiger partial charge in [-0.1, -0.05) is 12.1 Å². The topological polar surface area (TPSA) is 106 Å². The number of aromatic carboxylic acids is 1. The smallest absolute Gasteiger partial charge is 0.358 e. The molecule has 2 rings (SSSR count). The molecule has 8 nitrogen and oxygen atoms in total. The molecule has 116 valence electrons. The molecule has 2 atom stereocenters. The molecule has 0 radical (unpaired) electrons. The van der Waals surface area contributed by atoms with E-state index in [1.54, 1.807) is 0 Å². The number of carbonyl (C=O) groups is 2. The molecule has 0 bridgehead atoms. The number of hydrogen-bond acceptors (Lipinski definition) is 5. The van der Waals surface area contributed by atoms with E-state index in [2.05, 4.69) is 15.6 Å². The molecule has 1 aromatic rings. The molecular weight excluding hydrogens is 276 g/mol. The van der Waals surface area contributed by atoms with Gasteiger partial charge in [0.05, 0.1) is 0 Å². The molecule has 1 aromatic heterocycles. The van der Waals surface area contributed by atoms with Gasteiger partial charge in [0.25, 0.3) is 0 Å². The lowest BCUT2D eigenvalue weighted by Crippen LogP contribution is -2.35. The largest absolute Gasteiger partial charge is 0.476 e. The number of carboxylic acid groups (broad SMARTS) is 1. The number of ether oxygens (including phenoxy) is 1. The number of carboxylic acids is 1. The summed E-state index contributed by atoms with van der Waals surface area (Å²) >= 11 is 0. The Morgan fingerprint density at radius 3 is 2.90 bits per heavy atom. The Kier molecular flexibility index (Phi) is 4.89. The van der Waals surface area contributed by atoms with Crippen LogP contribution in [0.25, 0.3) is 0 Å². The maximum atomic E-state index is 11.9. The second kappa shape index (κ2) is 6.66. The summed E-state index contributed by atoms with van der Waals surface area (Å²) in [5, 5.41) is 19.5. The van der Waals surface area contributed by atoms with E-state index in [1.807, 2.05) is 13.8 Å². The number of carbonyl (C=O) groups excluding carboxylic acids is 1. The summed E-state index contributed by atoms with van der Waals surface area (Å²) in [5.41, 5.74) is 0.234. The summed E-state index contributed by atoms with van der Waals surface area (Å²) in [6.07, 6.45) is 2.03. The van der Waals surface area contributed by atoms with Gasteiger partial charge in [0.15, 0.2) is 5.69 Å². The van der Waals surface area contributed by atoms with Crippen LogP contribution in [0.3, 0.4) is 0 Å². The van der Waals surface area contributed by atoms with E-state index < -0.39 is 5.97 Å². The summed E-state index contributed by atoms with van der Waals surface area (Å²) in [6.45, 7) is 4.40. The highest BCUT2D eigenvalue weighted by Crippen LogP contribution is 2.30. The molecule has 1 aliphatic rings. The average molecular weight is 296 g/mol. The van der Waals surface area contributed by atoms with Crippen molar-refractivity contribution in [2.75, 3.05) is 6.61 Å². The van der Waals surface area contributed by atoms with Gasteiger partial charge in [-0.3, -0.25) is 4.79 Å². The first-order chi connectivity index (χ1) is 10.0. The Bertz CT molecular complexity index is 522. The van der Waals surface area contributed by atoms with Gasteiger partial charge in [-0.25, -0.2) is 9.48 Å². The Balaban J connectivity index is 2.19. The minimum Gasteiger partial charge on any atom is -0.476 e. The minimum atomic E-state index is -1.16. The Hall–Kier alpha value is -1.96.